The lowest BCUT2D eigenvalue weighted by Crippen LogP contribution is -2.24. The molecule has 1 aliphatic heterocycles. The SMILES string of the molecule is Cn1nc([C@H]2CCCN2c2cnc3cc(F)c(F)cc3n2)nc1N. The van der Waals surface area contributed by atoms with Gasteiger partial charge in [0.15, 0.2) is 17.5 Å². The maximum Gasteiger partial charge on any atom is 0.218 e. The van der Waals surface area contributed by atoms with Crippen LogP contribution in [0.5, 0.6) is 0 Å². The summed E-state index contributed by atoms with van der Waals surface area (Å²) in [5, 5.41) is 4.34. The summed E-state index contributed by atoms with van der Waals surface area (Å²) in [7, 11) is 1.73. The van der Waals surface area contributed by atoms with Gasteiger partial charge in [0.2, 0.25) is 5.95 Å². The molecule has 0 radical (unpaired) electrons. The summed E-state index contributed by atoms with van der Waals surface area (Å²) in [4.78, 5) is 14.9. The van der Waals surface area contributed by atoms with E-state index in [1.807, 2.05) is 4.90 Å². The Morgan fingerprint density at radius 2 is 1.92 bits per heavy atom. The summed E-state index contributed by atoms with van der Waals surface area (Å²) in [6.45, 7) is 0.757. The van der Waals surface area contributed by atoms with Gasteiger partial charge in [0.25, 0.3) is 0 Å². The Hall–Kier alpha value is -2.84. The van der Waals surface area contributed by atoms with E-state index < -0.39 is 11.6 Å². The van der Waals surface area contributed by atoms with E-state index in [-0.39, 0.29) is 6.04 Å². The molecule has 0 spiro atoms. The molecule has 7 nitrogen and oxygen atoms in total. The highest BCUT2D eigenvalue weighted by Gasteiger charge is 2.31. The Morgan fingerprint density at radius 1 is 1.17 bits per heavy atom. The predicted octanol–water partition coefficient (Wildman–Crippen LogP) is 1.96. The van der Waals surface area contributed by atoms with Crippen molar-refractivity contribution in [2.24, 2.45) is 7.05 Å². The van der Waals surface area contributed by atoms with Crippen molar-refractivity contribution in [2.45, 2.75) is 18.9 Å². The number of hydrogen-bond acceptors (Lipinski definition) is 6. The zero-order chi connectivity index (χ0) is 16.8. The second-order valence-corrected chi connectivity index (χ2v) is 5.79. The molecule has 1 aliphatic rings. The molecular formula is C15H15F2N7. The molecule has 1 aromatic carbocycles. The Kier molecular flexibility index (Phi) is 3.29. The molecule has 3 aromatic rings. The lowest BCUT2D eigenvalue weighted by atomic mass is 10.2. The number of nitrogens with zero attached hydrogens (tertiary/aromatic N) is 6. The summed E-state index contributed by atoms with van der Waals surface area (Å²) in [5.41, 5.74) is 6.39. The van der Waals surface area contributed by atoms with E-state index in [2.05, 4.69) is 20.1 Å². The largest absolute Gasteiger partial charge is 0.368 e. The van der Waals surface area contributed by atoms with E-state index >= 15 is 0 Å². The number of rotatable bonds is 2. The molecule has 0 unspecified atom stereocenters. The summed E-state index contributed by atoms with van der Waals surface area (Å²) in [6, 6.07) is 2.04. The van der Waals surface area contributed by atoms with E-state index in [4.69, 9.17) is 5.73 Å². The second-order valence-electron chi connectivity index (χ2n) is 5.79. The van der Waals surface area contributed by atoms with E-state index in [0.717, 1.165) is 31.5 Å². The maximum atomic E-state index is 13.5. The van der Waals surface area contributed by atoms with Crippen LogP contribution in [0.25, 0.3) is 11.0 Å². The van der Waals surface area contributed by atoms with Crippen molar-refractivity contribution in [1.29, 1.82) is 0 Å². The van der Waals surface area contributed by atoms with Crippen molar-refractivity contribution in [3.63, 3.8) is 0 Å². The summed E-state index contributed by atoms with van der Waals surface area (Å²) >= 11 is 0. The molecule has 4 rings (SSSR count). The van der Waals surface area contributed by atoms with Gasteiger partial charge >= 0.3 is 0 Å². The second kappa shape index (κ2) is 5.36. The van der Waals surface area contributed by atoms with Crippen LogP contribution in [-0.2, 0) is 7.05 Å². The van der Waals surface area contributed by atoms with Crippen LogP contribution in [-0.4, -0.2) is 31.3 Å². The third kappa shape index (κ3) is 2.32. The molecule has 0 saturated carbocycles. The van der Waals surface area contributed by atoms with Crippen molar-refractivity contribution < 1.29 is 8.78 Å². The van der Waals surface area contributed by atoms with Gasteiger partial charge < -0.3 is 10.6 Å². The number of nitrogens with two attached hydrogens (primary N) is 1. The molecule has 24 heavy (non-hydrogen) atoms. The molecule has 1 saturated heterocycles. The van der Waals surface area contributed by atoms with Crippen LogP contribution in [0.15, 0.2) is 18.3 Å². The van der Waals surface area contributed by atoms with Gasteiger partial charge in [-0.1, -0.05) is 0 Å². The monoisotopic (exact) mass is 331 g/mol. The predicted molar refractivity (Wildman–Crippen MR) is 84.2 cm³/mol. The first-order valence-corrected chi connectivity index (χ1v) is 7.58. The fourth-order valence-corrected chi connectivity index (χ4v) is 3.00. The Balaban J connectivity index is 1.73. The first-order chi connectivity index (χ1) is 11.5. The van der Waals surface area contributed by atoms with Gasteiger partial charge in [-0.25, -0.2) is 18.4 Å². The first-order valence-electron chi connectivity index (χ1n) is 7.58. The lowest BCUT2D eigenvalue weighted by molar-refractivity contribution is 0.510. The van der Waals surface area contributed by atoms with Crippen molar-refractivity contribution in [3.05, 3.63) is 35.8 Å². The van der Waals surface area contributed by atoms with Crippen molar-refractivity contribution >= 4 is 22.8 Å². The zero-order valence-electron chi connectivity index (χ0n) is 12.9. The first kappa shape index (κ1) is 14.7. The Bertz CT molecular complexity index is 904. The minimum atomic E-state index is -0.939. The van der Waals surface area contributed by atoms with Crippen LogP contribution in [0.4, 0.5) is 20.5 Å². The van der Waals surface area contributed by atoms with Crippen LogP contribution in [0.2, 0.25) is 0 Å². The van der Waals surface area contributed by atoms with Gasteiger partial charge in [-0.15, -0.1) is 0 Å². The molecule has 3 heterocycles. The highest BCUT2D eigenvalue weighted by Crippen LogP contribution is 2.34. The van der Waals surface area contributed by atoms with Crippen molar-refractivity contribution in [2.75, 3.05) is 17.2 Å². The minimum absolute atomic E-state index is 0.0643. The lowest BCUT2D eigenvalue weighted by Gasteiger charge is -2.23. The topological polar surface area (TPSA) is 85.8 Å². The molecule has 1 atom stereocenters. The van der Waals surface area contributed by atoms with Crippen molar-refractivity contribution in [3.8, 4) is 0 Å². The van der Waals surface area contributed by atoms with Crippen LogP contribution >= 0.6 is 0 Å². The number of benzene rings is 1. The summed E-state index contributed by atoms with van der Waals surface area (Å²) < 4.78 is 28.3. The standard InChI is InChI=1S/C15H15F2N7/c1-23-15(18)21-14(22-23)12-3-2-4-24(12)13-7-19-10-5-8(16)9(17)6-11(10)20-13/h5-7,12H,2-4H2,1H3,(H2,18,21,22)/t12-/m1/s1. The highest BCUT2D eigenvalue weighted by molar-refractivity contribution is 5.75. The number of aromatic nitrogens is 5. The fourth-order valence-electron chi connectivity index (χ4n) is 3.00. The van der Waals surface area contributed by atoms with Gasteiger partial charge in [-0.05, 0) is 12.8 Å². The van der Waals surface area contributed by atoms with E-state index in [9.17, 15) is 8.78 Å². The van der Waals surface area contributed by atoms with Crippen molar-refractivity contribution in [1.82, 2.24) is 24.7 Å². The number of halogens is 2. The zero-order valence-corrected chi connectivity index (χ0v) is 12.9. The molecule has 0 amide bonds. The molecule has 1 fully saturated rings. The Morgan fingerprint density at radius 3 is 2.62 bits per heavy atom. The van der Waals surface area contributed by atoms with Gasteiger partial charge in [0, 0.05) is 25.7 Å². The van der Waals surface area contributed by atoms with Gasteiger partial charge in [0.05, 0.1) is 23.3 Å². The average molecular weight is 331 g/mol. The van der Waals surface area contributed by atoms with E-state index in [1.165, 1.54) is 4.68 Å². The normalized spacial score (nSPS) is 17.8. The third-order valence-electron chi connectivity index (χ3n) is 4.23. The van der Waals surface area contributed by atoms with E-state index in [1.54, 1.807) is 13.2 Å². The van der Waals surface area contributed by atoms with E-state index in [0.29, 0.717) is 28.6 Å². The number of hydrogen-bond donors (Lipinski definition) is 1. The van der Waals surface area contributed by atoms with Crippen LogP contribution in [0.1, 0.15) is 24.7 Å². The average Bonchev–Trinajstić information content (AvgIpc) is 3.15. The van der Waals surface area contributed by atoms with Crippen LogP contribution in [0, 0.1) is 11.6 Å². The summed E-state index contributed by atoms with van der Waals surface area (Å²) in [6.07, 6.45) is 3.37. The molecule has 9 heteroatoms. The Labute approximate surface area is 136 Å². The fraction of sp³-hybridized carbons (Fsp3) is 0.333. The third-order valence-corrected chi connectivity index (χ3v) is 4.23. The van der Waals surface area contributed by atoms with Gasteiger partial charge in [0.1, 0.15) is 5.82 Å². The maximum absolute atomic E-state index is 13.5. The molecule has 0 bridgehead atoms. The highest BCUT2D eigenvalue weighted by atomic mass is 19.2. The molecule has 2 aromatic heterocycles. The van der Waals surface area contributed by atoms with Gasteiger partial charge in [-0.2, -0.15) is 10.1 Å². The molecule has 124 valence electrons. The molecular weight excluding hydrogens is 316 g/mol. The van der Waals surface area contributed by atoms with Crippen LogP contribution in [0.3, 0.4) is 0 Å². The molecule has 0 aliphatic carbocycles. The van der Waals surface area contributed by atoms with Crippen LogP contribution < -0.4 is 10.6 Å². The van der Waals surface area contributed by atoms with Gasteiger partial charge in [-0.3, -0.25) is 4.98 Å². The number of fused-ring (bicyclic) bond motifs is 1. The number of aryl methyl sites for hydroxylation is 1. The quantitative estimate of drug-likeness (QED) is 0.772. The summed E-state index contributed by atoms with van der Waals surface area (Å²) in [5.74, 6) is -0.316. The smallest absolute Gasteiger partial charge is 0.218 e. The minimum Gasteiger partial charge on any atom is -0.368 e. The molecule has 2 N–H and O–H groups in total. The number of anilines is 2. The number of nitrogen functional groups attached to an aromatic ring is 1.